The van der Waals surface area contributed by atoms with Crippen molar-refractivity contribution in [1.82, 2.24) is 9.78 Å². The Morgan fingerprint density at radius 2 is 2.10 bits per heavy atom. The Morgan fingerprint density at radius 3 is 2.60 bits per heavy atom. The average Bonchev–Trinajstić information content (AvgIpc) is 2.87. The molecule has 0 saturated carbocycles. The number of aromatic nitrogens is 2. The van der Waals surface area contributed by atoms with Gasteiger partial charge in [0.2, 0.25) is 0 Å². The van der Waals surface area contributed by atoms with Gasteiger partial charge in [0.15, 0.2) is 0 Å². The molecule has 0 saturated heterocycles. The van der Waals surface area contributed by atoms with Gasteiger partial charge in [0.05, 0.1) is 35.2 Å². The molecular weight excluding hydrogens is 271 g/mol. The van der Waals surface area contributed by atoms with Gasteiger partial charge in [-0.05, 0) is 19.1 Å². The van der Waals surface area contributed by atoms with Crippen molar-refractivity contribution < 1.29 is 18.3 Å². The molecule has 7 heteroatoms. The minimum Gasteiger partial charge on any atom is -0.389 e. The number of hydrogen-bond acceptors (Lipinski definition) is 3. The lowest BCUT2D eigenvalue weighted by Gasteiger charge is -2.12. The molecule has 2 rings (SSSR count). The summed E-state index contributed by atoms with van der Waals surface area (Å²) in [5, 5.41) is 22.1. The van der Waals surface area contributed by atoms with E-state index in [4.69, 9.17) is 5.26 Å². The molecule has 0 aliphatic rings. The summed E-state index contributed by atoms with van der Waals surface area (Å²) >= 11 is 0. The fraction of sp³-hybridized carbons (Fsp3) is 0.231. The molecule has 4 nitrogen and oxygen atoms in total. The molecular formula is C13H10F3N3O. The first kappa shape index (κ1) is 14.1. The number of nitrogens with zero attached hydrogens (tertiary/aromatic N) is 3. The van der Waals surface area contributed by atoms with Crippen LogP contribution >= 0.6 is 0 Å². The number of aliphatic hydroxyl groups is 1. The van der Waals surface area contributed by atoms with E-state index in [2.05, 4.69) is 5.10 Å². The maximum absolute atomic E-state index is 12.6. The van der Waals surface area contributed by atoms with E-state index < -0.39 is 17.8 Å². The molecule has 0 fully saturated rings. The van der Waals surface area contributed by atoms with Gasteiger partial charge in [-0.3, -0.25) is 0 Å². The zero-order valence-electron chi connectivity index (χ0n) is 10.4. The minimum atomic E-state index is -4.49. The number of rotatable bonds is 2. The van der Waals surface area contributed by atoms with Gasteiger partial charge in [-0.15, -0.1) is 0 Å². The first-order chi connectivity index (χ1) is 9.32. The zero-order chi connectivity index (χ0) is 14.9. The van der Waals surface area contributed by atoms with Crippen LogP contribution in [0.4, 0.5) is 13.2 Å². The predicted octanol–water partition coefficient (Wildman–Crippen LogP) is 2.82. The van der Waals surface area contributed by atoms with E-state index in [0.29, 0.717) is 11.8 Å². The van der Waals surface area contributed by atoms with Crippen LogP contribution in [-0.4, -0.2) is 14.9 Å². The van der Waals surface area contributed by atoms with Gasteiger partial charge >= 0.3 is 6.18 Å². The molecule has 0 aliphatic carbocycles. The highest BCUT2D eigenvalue weighted by atomic mass is 19.4. The van der Waals surface area contributed by atoms with Gasteiger partial charge in [0.25, 0.3) is 0 Å². The number of hydrogen-bond donors (Lipinski definition) is 1. The standard InChI is InChI=1S/C13H10F3N3O/c1-8(20)11-3-2-9(5-17)4-12(11)19-7-10(6-18-19)13(14,15)16/h2-4,6-8,20H,1H3. The maximum atomic E-state index is 12.6. The molecule has 1 heterocycles. The first-order valence-electron chi connectivity index (χ1n) is 5.67. The number of halogens is 3. The van der Waals surface area contributed by atoms with Crippen LogP contribution in [0.25, 0.3) is 5.69 Å². The number of aliphatic hydroxyl groups excluding tert-OH is 1. The molecule has 0 bridgehead atoms. The summed E-state index contributed by atoms with van der Waals surface area (Å²) in [4.78, 5) is 0. The lowest BCUT2D eigenvalue weighted by atomic mass is 10.1. The van der Waals surface area contributed by atoms with E-state index >= 15 is 0 Å². The van der Waals surface area contributed by atoms with Crippen LogP contribution in [0.3, 0.4) is 0 Å². The fourth-order valence-corrected chi connectivity index (χ4v) is 1.77. The third kappa shape index (κ3) is 2.65. The van der Waals surface area contributed by atoms with E-state index in [1.54, 1.807) is 0 Å². The van der Waals surface area contributed by atoms with E-state index in [-0.39, 0.29) is 11.3 Å². The lowest BCUT2D eigenvalue weighted by Crippen LogP contribution is -2.05. The highest BCUT2D eigenvalue weighted by molar-refractivity contribution is 5.48. The van der Waals surface area contributed by atoms with E-state index in [1.165, 1.54) is 25.1 Å². The Bertz CT molecular complexity index is 668. The second-order valence-corrected chi connectivity index (χ2v) is 4.23. The van der Waals surface area contributed by atoms with Gasteiger partial charge < -0.3 is 5.11 Å². The van der Waals surface area contributed by atoms with E-state index in [1.807, 2.05) is 6.07 Å². The van der Waals surface area contributed by atoms with Crippen molar-refractivity contribution >= 4 is 0 Å². The van der Waals surface area contributed by atoms with Crippen molar-refractivity contribution in [1.29, 1.82) is 5.26 Å². The smallest absolute Gasteiger partial charge is 0.389 e. The summed E-state index contributed by atoms with van der Waals surface area (Å²) in [5.41, 5.74) is 0.0141. The van der Waals surface area contributed by atoms with Gasteiger partial charge in [-0.25, -0.2) is 4.68 Å². The van der Waals surface area contributed by atoms with Gasteiger partial charge in [-0.1, -0.05) is 6.07 Å². The molecule has 1 aromatic heterocycles. The van der Waals surface area contributed by atoms with E-state index in [0.717, 1.165) is 10.9 Å². The van der Waals surface area contributed by atoms with Gasteiger partial charge in [0, 0.05) is 11.8 Å². The second kappa shape index (κ2) is 4.98. The van der Waals surface area contributed by atoms with Crippen LogP contribution in [-0.2, 0) is 6.18 Å². The number of benzene rings is 1. The third-order valence-electron chi connectivity index (χ3n) is 2.77. The maximum Gasteiger partial charge on any atom is 0.419 e. The highest BCUT2D eigenvalue weighted by Crippen LogP contribution is 2.30. The van der Waals surface area contributed by atoms with Gasteiger partial charge in [0.1, 0.15) is 0 Å². The average molecular weight is 281 g/mol. The Morgan fingerprint density at radius 1 is 1.40 bits per heavy atom. The highest BCUT2D eigenvalue weighted by Gasteiger charge is 2.32. The Kier molecular flexibility index (Phi) is 3.51. The van der Waals surface area contributed by atoms with Crippen LogP contribution in [0.2, 0.25) is 0 Å². The Labute approximate surface area is 112 Å². The molecule has 20 heavy (non-hydrogen) atoms. The third-order valence-corrected chi connectivity index (χ3v) is 2.77. The SMILES string of the molecule is CC(O)c1ccc(C#N)cc1-n1cc(C(F)(F)F)cn1. The van der Waals surface area contributed by atoms with Crippen LogP contribution in [0.1, 0.15) is 29.7 Å². The summed E-state index contributed by atoms with van der Waals surface area (Å²) in [6.07, 6.45) is -3.86. The minimum absolute atomic E-state index is 0.245. The second-order valence-electron chi connectivity index (χ2n) is 4.23. The van der Waals surface area contributed by atoms with Crippen molar-refractivity contribution in [2.75, 3.05) is 0 Å². The predicted molar refractivity (Wildman–Crippen MR) is 63.9 cm³/mol. The molecule has 104 valence electrons. The van der Waals surface area contributed by atoms with Crippen molar-refractivity contribution in [3.63, 3.8) is 0 Å². The molecule has 2 aromatic rings. The van der Waals surface area contributed by atoms with Crippen LogP contribution < -0.4 is 0 Å². The van der Waals surface area contributed by atoms with Crippen LogP contribution in [0.15, 0.2) is 30.6 Å². The Balaban J connectivity index is 2.56. The van der Waals surface area contributed by atoms with Crippen LogP contribution in [0.5, 0.6) is 0 Å². The molecule has 0 amide bonds. The Hall–Kier alpha value is -2.33. The van der Waals surface area contributed by atoms with Crippen molar-refractivity contribution in [2.24, 2.45) is 0 Å². The van der Waals surface area contributed by atoms with Crippen molar-refractivity contribution in [2.45, 2.75) is 19.2 Å². The van der Waals surface area contributed by atoms with Crippen molar-refractivity contribution in [3.8, 4) is 11.8 Å². The monoisotopic (exact) mass is 281 g/mol. The summed E-state index contributed by atoms with van der Waals surface area (Å²) < 4.78 is 38.7. The van der Waals surface area contributed by atoms with Crippen molar-refractivity contribution in [3.05, 3.63) is 47.3 Å². The van der Waals surface area contributed by atoms with Crippen LogP contribution in [0, 0.1) is 11.3 Å². The largest absolute Gasteiger partial charge is 0.419 e. The molecule has 0 radical (unpaired) electrons. The normalized spacial score (nSPS) is 13.0. The molecule has 1 N–H and O–H groups in total. The fourth-order valence-electron chi connectivity index (χ4n) is 1.77. The summed E-state index contributed by atoms with van der Waals surface area (Å²) in [6.45, 7) is 1.49. The quantitative estimate of drug-likeness (QED) is 0.920. The number of alkyl halides is 3. The summed E-state index contributed by atoms with van der Waals surface area (Å²) in [6, 6.07) is 6.26. The first-order valence-corrected chi connectivity index (χ1v) is 5.67. The molecule has 1 aromatic carbocycles. The molecule has 1 unspecified atom stereocenters. The summed E-state index contributed by atoms with van der Waals surface area (Å²) in [7, 11) is 0. The number of nitriles is 1. The van der Waals surface area contributed by atoms with Gasteiger partial charge in [-0.2, -0.15) is 23.5 Å². The molecule has 0 aliphatic heterocycles. The zero-order valence-corrected chi connectivity index (χ0v) is 10.4. The topological polar surface area (TPSA) is 61.8 Å². The summed E-state index contributed by atoms with van der Waals surface area (Å²) in [5.74, 6) is 0. The lowest BCUT2D eigenvalue weighted by molar-refractivity contribution is -0.137. The molecule has 1 atom stereocenters. The molecule has 0 spiro atoms. The van der Waals surface area contributed by atoms with E-state index in [9.17, 15) is 18.3 Å².